The van der Waals surface area contributed by atoms with Crippen molar-refractivity contribution < 1.29 is 19.1 Å². The zero-order valence-corrected chi connectivity index (χ0v) is 22.2. The first-order valence-electron chi connectivity index (χ1n) is 12.2. The van der Waals surface area contributed by atoms with Gasteiger partial charge in [0, 0.05) is 17.5 Å². The predicted molar refractivity (Wildman–Crippen MR) is 134 cm³/mol. The van der Waals surface area contributed by atoms with E-state index in [-0.39, 0.29) is 18.1 Å². The van der Waals surface area contributed by atoms with Gasteiger partial charge in [-0.3, -0.25) is 0 Å². The number of ether oxygens (including phenoxy) is 1. The van der Waals surface area contributed by atoms with Gasteiger partial charge >= 0.3 is 6.09 Å². The van der Waals surface area contributed by atoms with Crippen LogP contribution in [0.5, 0.6) is 5.88 Å². The summed E-state index contributed by atoms with van der Waals surface area (Å²) in [6.45, 7) is 8.73. The third kappa shape index (κ3) is 5.37. The Morgan fingerprint density at radius 2 is 2.03 bits per heavy atom. The maximum absolute atomic E-state index is 11.5. The molecule has 1 fully saturated rings. The molecule has 8 nitrogen and oxygen atoms in total. The van der Waals surface area contributed by atoms with Gasteiger partial charge in [0.2, 0.25) is 5.88 Å². The highest BCUT2D eigenvalue weighted by Crippen LogP contribution is 2.48. The molecule has 1 unspecified atom stereocenters. The number of carboxylic acid groups (broad SMARTS) is 1. The van der Waals surface area contributed by atoms with Crippen molar-refractivity contribution in [1.82, 2.24) is 14.9 Å². The standard InChI is InChI=1S/C24H34N4O4SSi/c1-5-28(24(29)30)16-7-9-17(10-8-16)31-22-21-20-15(12-18(13-25)32-34(2,3)4)6-11-19(20)33-23(21)27-14-26-22/h14-18H,5-12H2,1-4H3,(H,29,30)/t15-,16?,17?,18?/m1/s1. The molecule has 2 aliphatic rings. The molecule has 0 radical (unpaired) electrons. The number of hydrogen-bond acceptors (Lipinski definition) is 7. The highest BCUT2D eigenvalue weighted by atomic mass is 32.1. The van der Waals surface area contributed by atoms with Gasteiger partial charge in [0.15, 0.2) is 8.32 Å². The van der Waals surface area contributed by atoms with Crippen molar-refractivity contribution in [2.45, 2.75) is 95.7 Å². The van der Waals surface area contributed by atoms with Crippen molar-refractivity contribution in [2.24, 2.45) is 0 Å². The summed E-state index contributed by atoms with van der Waals surface area (Å²) in [7, 11) is -1.82. The van der Waals surface area contributed by atoms with E-state index in [4.69, 9.17) is 9.16 Å². The second-order valence-corrected chi connectivity index (χ2v) is 15.8. The van der Waals surface area contributed by atoms with Crippen LogP contribution in [-0.2, 0) is 10.8 Å². The first-order chi connectivity index (χ1) is 16.2. The number of aromatic nitrogens is 2. The molecule has 0 aliphatic heterocycles. The molecule has 34 heavy (non-hydrogen) atoms. The van der Waals surface area contributed by atoms with Crippen LogP contribution in [0, 0.1) is 11.3 Å². The van der Waals surface area contributed by atoms with E-state index in [0.717, 1.165) is 48.7 Å². The van der Waals surface area contributed by atoms with Crippen molar-refractivity contribution in [3.05, 3.63) is 16.8 Å². The van der Waals surface area contributed by atoms with Gasteiger partial charge in [-0.15, -0.1) is 11.3 Å². The van der Waals surface area contributed by atoms with E-state index in [1.807, 2.05) is 6.92 Å². The Labute approximate surface area is 206 Å². The van der Waals surface area contributed by atoms with E-state index in [1.54, 1.807) is 17.7 Å². The summed E-state index contributed by atoms with van der Waals surface area (Å²) in [6.07, 6.45) is 6.19. The smallest absolute Gasteiger partial charge is 0.407 e. The number of rotatable bonds is 8. The number of amides is 1. The molecule has 10 heteroatoms. The van der Waals surface area contributed by atoms with E-state index in [0.29, 0.717) is 18.8 Å². The minimum Gasteiger partial charge on any atom is -0.474 e. The molecule has 1 amide bonds. The lowest BCUT2D eigenvalue weighted by molar-refractivity contribution is 0.0803. The Hall–Kier alpha value is -2.22. The summed E-state index contributed by atoms with van der Waals surface area (Å²) < 4.78 is 12.6. The fourth-order valence-corrected chi connectivity index (χ4v) is 7.59. The van der Waals surface area contributed by atoms with E-state index in [1.165, 1.54) is 15.3 Å². The lowest BCUT2D eigenvalue weighted by Gasteiger charge is -2.34. The Morgan fingerprint density at radius 3 is 2.65 bits per heavy atom. The minimum atomic E-state index is -1.82. The number of carbonyl (C=O) groups is 1. The lowest BCUT2D eigenvalue weighted by atomic mass is 9.92. The summed E-state index contributed by atoms with van der Waals surface area (Å²) in [5.41, 5.74) is 1.24. The number of aryl methyl sites for hydroxylation is 1. The monoisotopic (exact) mass is 502 g/mol. The van der Waals surface area contributed by atoms with Crippen molar-refractivity contribution >= 4 is 36.0 Å². The molecule has 4 rings (SSSR count). The summed E-state index contributed by atoms with van der Waals surface area (Å²) >= 11 is 1.71. The van der Waals surface area contributed by atoms with Gasteiger partial charge < -0.3 is 19.2 Å². The van der Waals surface area contributed by atoms with Crippen molar-refractivity contribution in [3.8, 4) is 11.9 Å². The third-order valence-electron chi connectivity index (χ3n) is 6.78. The topological polar surface area (TPSA) is 109 Å². The van der Waals surface area contributed by atoms with E-state index in [9.17, 15) is 15.2 Å². The van der Waals surface area contributed by atoms with E-state index < -0.39 is 20.5 Å². The quantitative estimate of drug-likeness (QED) is 0.472. The molecule has 2 atom stereocenters. The highest BCUT2D eigenvalue weighted by molar-refractivity contribution is 7.19. The molecule has 1 saturated carbocycles. The molecule has 2 heterocycles. The Bertz CT molecular complexity index is 1070. The predicted octanol–water partition coefficient (Wildman–Crippen LogP) is 5.54. The lowest BCUT2D eigenvalue weighted by Crippen LogP contribution is -2.42. The molecule has 2 aromatic rings. The minimum absolute atomic E-state index is 0.0133. The van der Waals surface area contributed by atoms with Gasteiger partial charge in [-0.05, 0) is 83.0 Å². The van der Waals surface area contributed by atoms with Gasteiger partial charge in [-0.2, -0.15) is 5.26 Å². The maximum Gasteiger partial charge on any atom is 0.407 e. The Morgan fingerprint density at radius 1 is 1.29 bits per heavy atom. The van der Waals surface area contributed by atoms with Crippen LogP contribution >= 0.6 is 11.3 Å². The summed E-state index contributed by atoms with van der Waals surface area (Å²) in [5.74, 6) is 0.866. The van der Waals surface area contributed by atoms with Gasteiger partial charge in [0.05, 0.1) is 11.5 Å². The molecular weight excluding hydrogens is 468 g/mol. The average Bonchev–Trinajstić information content (AvgIpc) is 3.34. The molecule has 2 aliphatic carbocycles. The molecule has 2 aromatic heterocycles. The first-order valence-corrected chi connectivity index (χ1v) is 16.4. The summed E-state index contributed by atoms with van der Waals surface area (Å²) in [4.78, 5) is 24.3. The van der Waals surface area contributed by atoms with Crippen LogP contribution in [0.4, 0.5) is 4.79 Å². The molecule has 1 N–H and O–H groups in total. The van der Waals surface area contributed by atoms with Crippen LogP contribution in [0.3, 0.4) is 0 Å². The second kappa shape index (κ2) is 10.2. The summed E-state index contributed by atoms with van der Waals surface area (Å²) in [5, 5.41) is 20.1. The average molecular weight is 503 g/mol. The highest BCUT2D eigenvalue weighted by Gasteiger charge is 2.34. The Kier molecular flexibility index (Phi) is 7.45. The number of fused-ring (bicyclic) bond motifs is 3. The third-order valence-corrected chi connectivity index (χ3v) is 8.95. The second-order valence-electron chi connectivity index (χ2n) is 10.2. The first kappa shape index (κ1) is 24.9. The number of nitriles is 1. The van der Waals surface area contributed by atoms with Gasteiger partial charge in [-0.25, -0.2) is 14.8 Å². The van der Waals surface area contributed by atoms with E-state index in [2.05, 4.69) is 35.7 Å². The van der Waals surface area contributed by atoms with Crippen molar-refractivity contribution in [3.63, 3.8) is 0 Å². The fourth-order valence-electron chi connectivity index (χ4n) is 5.36. The van der Waals surface area contributed by atoms with Crippen LogP contribution in [0.15, 0.2) is 6.33 Å². The Balaban J connectivity index is 1.52. The van der Waals surface area contributed by atoms with Gasteiger partial charge in [0.1, 0.15) is 23.4 Å². The van der Waals surface area contributed by atoms with E-state index >= 15 is 0 Å². The van der Waals surface area contributed by atoms with Crippen LogP contribution in [0.1, 0.15) is 61.8 Å². The molecule has 0 saturated heterocycles. The molecular formula is C24H34N4O4SSi. The van der Waals surface area contributed by atoms with Crippen LogP contribution < -0.4 is 4.74 Å². The number of nitrogens with zero attached hydrogens (tertiary/aromatic N) is 4. The van der Waals surface area contributed by atoms with Crippen LogP contribution in [-0.4, -0.2) is 59.2 Å². The fraction of sp³-hybridized carbons (Fsp3) is 0.667. The molecule has 184 valence electrons. The van der Waals surface area contributed by atoms with Gasteiger partial charge in [0.25, 0.3) is 0 Å². The zero-order valence-electron chi connectivity index (χ0n) is 20.4. The van der Waals surface area contributed by atoms with Crippen molar-refractivity contribution in [2.75, 3.05) is 6.54 Å². The SMILES string of the molecule is CCN(C(=O)O)C1CCC(Oc2ncnc3sc4c(c23)[C@@H](CC(C#N)O[Si](C)(C)C)CC4)CC1. The largest absolute Gasteiger partial charge is 0.474 e. The maximum atomic E-state index is 11.5. The molecule has 0 bridgehead atoms. The summed E-state index contributed by atoms with van der Waals surface area (Å²) in [6, 6.07) is 2.42. The number of hydrogen-bond donors (Lipinski definition) is 1. The molecule has 0 aromatic carbocycles. The van der Waals surface area contributed by atoms with Crippen molar-refractivity contribution in [1.29, 1.82) is 5.26 Å². The zero-order chi connectivity index (χ0) is 24.5. The van der Waals surface area contributed by atoms with Crippen LogP contribution in [0.25, 0.3) is 10.2 Å². The normalized spacial score (nSPS) is 23.3. The van der Waals surface area contributed by atoms with Crippen LogP contribution in [0.2, 0.25) is 19.6 Å². The molecule has 0 spiro atoms. The van der Waals surface area contributed by atoms with Gasteiger partial charge in [-0.1, -0.05) is 0 Å². The number of thiophene rings is 1.